The summed E-state index contributed by atoms with van der Waals surface area (Å²) in [5, 5.41) is 15.0. The van der Waals surface area contributed by atoms with Crippen LogP contribution in [0.1, 0.15) is 33.3 Å². The largest absolute Gasteiger partial charge is 0.478 e. The molecule has 1 aromatic rings. The van der Waals surface area contributed by atoms with E-state index in [2.05, 4.69) is 19.1 Å². The molecule has 3 nitrogen and oxygen atoms in total. The first-order valence-electron chi connectivity index (χ1n) is 5.92. The number of rotatable bonds is 2. The van der Waals surface area contributed by atoms with Crippen LogP contribution in [0.5, 0.6) is 0 Å². The lowest BCUT2D eigenvalue weighted by Crippen LogP contribution is -2.02. The van der Waals surface area contributed by atoms with Crippen LogP contribution in [0.3, 0.4) is 0 Å². The van der Waals surface area contributed by atoms with E-state index in [4.69, 9.17) is 10.5 Å². The molecule has 2 N–H and O–H groups in total. The highest BCUT2D eigenvalue weighted by molar-refractivity contribution is 6.08. The van der Waals surface area contributed by atoms with Crippen molar-refractivity contribution < 1.29 is 9.90 Å². The van der Waals surface area contributed by atoms with Gasteiger partial charge >= 0.3 is 5.97 Å². The maximum absolute atomic E-state index is 10.2. The molecule has 0 bridgehead atoms. The molecule has 1 aromatic carbocycles. The summed E-state index contributed by atoms with van der Waals surface area (Å²) in [7, 11) is 0. The van der Waals surface area contributed by atoms with Gasteiger partial charge in [0.1, 0.15) is 0 Å². The molecule has 0 radical (unpaired) electrons. The second-order valence-electron chi connectivity index (χ2n) is 3.52. The predicted molar refractivity (Wildman–Crippen MR) is 77.3 cm³/mol. The fourth-order valence-corrected chi connectivity index (χ4v) is 0.954. The van der Waals surface area contributed by atoms with Crippen LogP contribution in [0.15, 0.2) is 41.5 Å². The smallest absolute Gasteiger partial charge is 0.337 e. The zero-order valence-corrected chi connectivity index (χ0v) is 11.8. The lowest BCUT2D eigenvalue weighted by Gasteiger charge is -1.93. The molecule has 0 atom stereocenters. The number of benzene rings is 1. The summed E-state index contributed by atoms with van der Waals surface area (Å²) < 4.78 is 0. The average molecular weight is 249 g/mol. The summed E-state index contributed by atoms with van der Waals surface area (Å²) in [5.74, 6) is -1.04. The normalized spacial score (nSPS) is 7.83. The van der Waals surface area contributed by atoms with Crippen molar-refractivity contribution in [1.29, 1.82) is 5.41 Å². The fourth-order valence-electron chi connectivity index (χ4n) is 0.954. The van der Waals surface area contributed by atoms with Crippen molar-refractivity contribution >= 4 is 12.2 Å². The molecule has 1 rings (SSSR count). The van der Waals surface area contributed by atoms with Gasteiger partial charge in [-0.2, -0.15) is 0 Å². The number of hydrogen-bond donors (Lipinski definition) is 2. The van der Waals surface area contributed by atoms with Crippen LogP contribution in [0.4, 0.5) is 0 Å². The van der Waals surface area contributed by atoms with E-state index < -0.39 is 5.97 Å². The van der Waals surface area contributed by atoms with Gasteiger partial charge in [0.2, 0.25) is 0 Å². The van der Waals surface area contributed by atoms with E-state index in [-0.39, 0.29) is 5.57 Å². The molecule has 0 saturated heterocycles. The quantitative estimate of drug-likeness (QED) is 0.613. The minimum atomic E-state index is -1.04. The van der Waals surface area contributed by atoms with Crippen molar-refractivity contribution in [2.75, 3.05) is 0 Å². The minimum absolute atomic E-state index is 0.0648. The van der Waals surface area contributed by atoms with Gasteiger partial charge in [-0.15, -0.1) is 0 Å². The number of aliphatic carboxylic acids is 1. The summed E-state index contributed by atoms with van der Waals surface area (Å²) in [6, 6.07) is 10.3. The molecular weight excluding hydrogens is 226 g/mol. The Hall–Kier alpha value is -1.90. The van der Waals surface area contributed by atoms with Gasteiger partial charge in [-0.05, 0) is 20.8 Å². The standard InChI is InChI=1S/C7H8.C6H9NO2.C2H6/c1-7-5-3-2-4-6-7;1-4(2)5(3-7)6(8)9;1-2/h2-6H,1H3;3,7H,1-2H3,(H,8,9);1-2H3. The maximum Gasteiger partial charge on any atom is 0.337 e. The second-order valence-corrected chi connectivity index (χ2v) is 3.52. The van der Waals surface area contributed by atoms with Gasteiger partial charge in [0.25, 0.3) is 0 Å². The molecule has 0 spiro atoms. The molecule has 18 heavy (non-hydrogen) atoms. The van der Waals surface area contributed by atoms with Crippen molar-refractivity contribution in [3.05, 3.63) is 47.0 Å². The van der Waals surface area contributed by atoms with E-state index in [1.54, 1.807) is 13.8 Å². The lowest BCUT2D eigenvalue weighted by atomic mass is 10.2. The molecule has 0 amide bonds. The third-order valence-electron chi connectivity index (χ3n) is 1.85. The number of allylic oxidation sites excluding steroid dienone is 1. The highest BCUT2D eigenvalue weighted by atomic mass is 16.4. The van der Waals surface area contributed by atoms with Gasteiger partial charge in [0.15, 0.2) is 0 Å². The number of aryl methyl sites for hydroxylation is 1. The molecule has 0 unspecified atom stereocenters. The molecular formula is C15H23NO2. The first-order chi connectivity index (χ1) is 8.49. The first-order valence-corrected chi connectivity index (χ1v) is 5.92. The zero-order valence-electron chi connectivity index (χ0n) is 11.8. The molecule has 0 aliphatic rings. The number of carbonyl (C=O) groups is 1. The van der Waals surface area contributed by atoms with E-state index in [0.29, 0.717) is 5.57 Å². The van der Waals surface area contributed by atoms with E-state index in [1.165, 1.54) is 5.56 Å². The number of carboxylic acids is 1. The van der Waals surface area contributed by atoms with Crippen molar-refractivity contribution in [2.24, 2.45) is 0 Å². The molecule has 0 aliphatic carbocycles. The topological polar surface area (TPSA) is 61.2 Å². The monoisotopic (exact) mass is 249 g/mol. The maximum atomic E-state index is 10.2. The van der Waals surface area contributed by atoms with Crippen LogP contribution in [0, 0.1) is 12.3 Å². The van der Waals surface area contributed by atoms with Gasteiger partial charge in [-0.1, -0.05) is 55.3 Å². The Kier molecular flexibility index (Phi) is 11.9. The number of carboxylic acid groups (broad SMARTS) is 1. The SMILES string of the molecule is CC.CC(C)=C(C=N)C(=O)O.Cc1ccccc1. The Balaban J connectivity index is 0. The highest BCUT2D eigenvalue weighted by Crippen LogP contribution is 1.98. The lowest BCUT2D eigenvalue weighted by molar-refractivity contribution is -0.132. The van der Waals surface area contributed by atoms with Crippen LogP contribution in [0.25, 0.3) is 0 Å². The molecule has 0 aliphatic heterocycles. The second kappa shape index (κ2) is 11.6. The van der Waals surface area contributed by atoms with Gasteiger partial charge in [-0.25, -0.2) is 4.79 Å². The molecule has 100 valence electrons. The molecule has 3 heteroatoms. The number of hydrogen-bond acceptors (Lipinski definition) is 2. The highest BCUT2D eigenvalue weighted by Gasteiger charge is 2.03. The van der Waals surface area contributed by atoms with Gasteiger partial charge in [0, 0.05) is 6.21 Å². The molecule has 0 fully saturated rings. The van der Waals surface area contributed by atoms with E-state index in [1.807, 2.05) is 32.0 Å². The first kappa shape index (κ1) is 18.5. The van der Waals surface area contributed by atoms with Gasteiger partial charge < -0.3 is 10.5 Å². The Morgan fingerprint density at radius 2 is 1.61 bits per heavy atom. The van der Waals surface area contributed by atoms with E-state index >= 15 is 0 Å². The average Bonchev–Trinajstić information content (AvgIpc) is 2.33. The van der Waals surface area contributed by atoms with Crippen LogP contribution in [0.2, 0.25) is 0 Å². The minimum Gasteiger partial charge on any atom is -0.478 e. The van der Waals surface area contributed by atoms with Crippen molar-refractivity contribution in [3.8, 4) is 0 Å². The third-order valence-corrected chi connectivity index (χ3v) is 1.85. The Bertz CT molecular complexity index is 377. The van der Waals surface area contributed by atoms with Crippen molar-refractivity contribution in [1.82, 2.24) is 0 Å². The van der Waals surface area contributed by atoms with Crippen LogP contribution in [-0.2, 0) is 4.79 Å². The summed E-state index contributed by atoms with van der Waals surface area (Å²) in [6.45, 7) is 9.41. The summed E-state index contributed by atoms with van der Waals surface area (Å²) in [6.07, 6.45) is 0.845. The van der Waals surface area contributed by atoms with Crippen LogP contribution < -0.4 is 0 Å². The Morgan fingerprint density at radius 1 is 1.17 bits per heavy atom. The van der Waals surface area contributed by atoms with Gasteiger partial charge in [0.05, 0.1) is 5.57 Å². The van der Waals surface area contributed by atoms with Crippen molar-refractivity contribution in [3.63, 3.8) is 0 Å². The van der Waals surface area contributed by atoms with Crippen LogP contribution >= 0.6 is 0 Å². The molecule has 0 aromatic heterocycles. The predicted octanol–water partition coefficient (Wildman–Crippen LogP) is 4.08. The molecule has 0 saturated carbocycles. The Labute approximate surface area is 110 Å². The van der Waals surface area contributed by atoms with E-state index in [0.717, 1.165) is 6.21 Å². The summed E-state index contributed by atoms with van der Waals surface area (Å²) in [4.78, 5) is 10.2. The van der Waals surface area contributed by atoms with Crippen LogP contribution in [-0.4, -0.2) is 17.3 Å². The Morgan fingerprint density at radius 3 is 1.72 bits per heavy atom. The number of nitrogens with one attached hydrogen (secondary N) is 1. The summed E-state index contributed by atoms with van der Waals surface area (Å²) >= 11 is 0. The third kappa shape index (κ3) is 9.33. The molecule has 0 heterocycles. The van der Waals surface area contributed by atoms with Crippen molar-refractivity contribution in [2.45, 2.75) is 34.6 Å². The van der Waals surface area contributed by atoms with E-state index in [9.17, 15) is 4.79 Å². The fraction of sp³-hybridized carbons (Fsp3) is 0.333. The zero-order chi connectivity index (χ0) is 14.6. The van der Waals surface area contributed by atoms with Gasteiger partial charge in [-0.3, -0.25) is 0 Å². The summed E-state index contributed by atoms with van der Waals surface area (Å²) in [5.41, 5.74) is 2.04.